The molecule has 2 aromatic rings. The molecular formula is C18H24N4O. The van der Waals surface area contributed by atoms with Crippen molar-refractivity contribution in [3.8, 4) is 0 Å². The zero-order valence-electron chi connectivity index (χ0n) is 14.0. The molecule has 3 rings (SSSR count). The Kier molecular flexibility index (Phi) is 4.37. The molecule has 1 amide bonds. The summed E-state index contributed by atoms with van der Waals surface area (Å²) in [5.74, 6) is 0.110. The molecule has 2 N–H and O–H groups in total. The van der Waals surface area contributed by atoms with E-state index in [1.54, 1.807) is 0 Å². The van der Waals surface area contributed by atoms with Gasteiger partial charge in [0.1, 0.15) is 0 Å². The number of nitrogens with zero attached hydrogens (tertiary/aromatic N) is 2. The van der Waals surface area contributed by atoms with Gasteiger partial charge in [-0.05, 0) is 57.4 Å². The van der Waals surface area contributed by atoms with Crippen LogP contribution < -0.4 is 10.6 Å². The first kappa shape index (κ1) is 15.6. The summed E-state index contributed by atoms with van der Waals surface area (Å²) < 4.78 is 1.97. The summed E-state index contributed by atoms with van der Waals surface area (Å²) in [7, 11) is 0. The summed E-state index contributed by atoms with van der Waals surface area (Å²) in [6.07, 6.45) is 6.44. The average molecular weight is 312 g/mol. The summed E-state index contributed by atoms with van der Waals surface area (Å²) in [6, 6.07) is 6.71. The van der Waals surface area contributed by atoms with Gasteiger partial charge < -0.3 is 10.6 Å². The predicted molar refractivity (Wildman–Crippen MR) is 92.7 cm³/mol. The first-order chi connectivity index (χ1) is 11.0. The van der Waals surface area contributed by atoms with Gasteiger partial charge in [0.15, 0.2) is 0 Å². The number of carbonyl (C=O) groups excluding carboxylic acids is 1. The maximum atomic E-state index is 11.6. The van der Waals surface area contributed by atoms with E-state index in [9.17, 15) is 4.79 Å². The molecular weight excluding hydrogens is 288 g/mol. The highest BCUT2D eigenvalue weighted by Crippen LogP contribution is 2.27. The lowest BCUT2D eigenvalue weighted by Gasteiger charge is -2.16. The maximum absolute atomic E-state index is 11.6. The number of hydrogen-bond donors (Lipinski definition) is 2. The van der Waals surface area contributed by atoms with E-state index in [1.807, 2.05) is 23.0 Å². The van der Waals surface area contributed by atoms with Gasteiger partial charge in [-0.1, -0.05) is 0 Å². The number of aryl methyl sites for hydroxylation is 1. The highest BCUT2D eigenvalue weighted by molar-refractivity contribution is 5.92. The number of carbonyl (C=O) groups is 1. The third-order valence-corrected chi connectivity index (χ3v) is 4.26. The van der Waals surface area contributed by atoms with Crippen LogP contribution in [0, 0.1) is 0 Å². The lowest BCUT2D eigenvalue weighted by molar-refractivity contribution is -0.116. The molecule has 2 heterocycles. The molecule has 1 aliphatic rings. The van der Waals surface area contributed by atoms with Crippen LogP contribution in [0.4, 0.5) is 11.4 Å². The summed E-state index contributed by atoms with van der Waals surface area (Å²) in [5, 5.41) is 10.9. The largest absolute Gasteiger partial charge is 0.378 e. The molecule has 1 unspecified atom stereocenters. The third kappa shape index (κ3) is 3.55. The fourth-order valence-electron chi connectivity index (χ4n) is 2.86. The molecule has 0 saturated heterocycles. The SMILES string of the molecule is CC(Nc1ccc2c(c1)CCCC(=O)N2)c1cnn(C(C)C)c1. The summed E-state index contributed by atoms with van der Waals surface area (Å²) in [5.41, 5.74) is 4.39. The fraction of sp³-hybridized carbons (Fsp3) is 0.444. The van der Waals surface area contributed by atoms with Gasteiger partial charge in [-0.2, -0.15) is 5.10 Å². The van der Waals surface area contributed by atoms with Crippen LogP contribution in [0.15, 0.2) is 30.6 Å². The van der Waals surface area contributed by atoms with Crippen LogP contribution in [-0.2, 0) is 11.2 Å². The number of anilines is 2. The molecule has 5 nitrogen and oxygen atoms in total. The predicted octanol–water partition coefficient (Wildman–Crippen LogP) is 3.91. The first-order valence-corrected chi connectivity index (χ1v) is 8.26. The van der Waals surface area contributed by atoms with Gasteiger partial charge >= 0.3 is 0 Å². The van der Waals surface area contributed by atoms with Crippen LogP contribution >= 0.6 is 0 Å². The average Bonchev–Trinajstić information content (AvgIpc) is 2.93. The smallest absolute Gasteiger partial charge is 0.224 e. The van der Waals surface area contributed by atoms with Crippen LogP contribution in [0.5, 0.6) is 0 Å². The molecule has 0 radical (unpaired) electrons. The van der Waals surface area contributed by atoms with Gasteiger partial charge in [0.2, 0.25) is 5.91 Å². The number of fused-ring (bicyclic) bond motifs is 1. The molecule has 1 atom stereocenters. The van der Waals surface area contributed by atoms with E-state index in [-0.39, 0.29) is 11.9 Å². The monoisotopic (exact) mass is 312 g/mol. The fourth-order valence-corrected chi connectivity index (χ4v) is 2.86. The number of amides is 1. The van der Waals surface area contributed by atoms with Gasteiger partial charge in [0.05, 0.1) is 12.2 Å². The minimum absolute atomic E-state index is 0.110. The maximum Gasteiger partial charge on any atom is 0.224 e. The second kappa shape index (κ2) is 6.44. The van der Waals surface area contributed by atoms with E-state index in [4.69, 9.17) is 0 Å². The standard InChI is InChI=1S/C18H24N4O/c1-12(2)22-11-15(10-19-22)13(3)20-16-7-8-17-14(9-16)5-4-6-18(23)21-17/h7-13,20H,4-6H2,1-3H3,(H,21,23). The number of nitrogens with one attached hydrogen (secondary N) is 2. The van der Waals surface area contributed by atoms with E-state index in [2.05, 4.69) is 48.8 Å². The van der Waals surface area contributed by atoms with Crippen LogP contribution in [0.3, 0.4) is 0 Å². The Balaban J connectivity index is 1.74. The highest BCUT2D eigenvalue weighted by Gasteiger charge is 2.14. The van der Waals surface area contributed by atoms with Crippen molar-refractivity contribution in [2.75, 3.05) is 10.6 Å². The first-order valence-electron chi connectivity index (χ1n) is 8.26. The molecule has 1 aliphatic heterocycles. The van der Waals surface area contributed by atoms with E-state index in [1.165, 1.54) is 11.1 Å². The van der Waals surface area contributed by atoms with Crippen molar-refractivity contribution in [1.29, 1.82) is 0 Å². The van der Waals surface area contributed by atoms with Crippen molar-refractivity contribution in [1.82, 2.24) is 9.78 Å². The van der Waals surface area contributed by atoms with Gasteiger partial charge in [0, 0.05) is 35.6 Å². The third-order valence-electron chi connectivity index (χ3n) is 4.26. The molecule has 0 bridgehead atoms. The van der Waals surface area contributed by atoms with Crippen molar-refractivity contribution in [2.24, 2.45) is 0 Å². The van der Waals surface area contributed by atoms with Crippen molar-refractivity contribution < 1.29 is 4.79 Å². The number of aromatic nitrogens is 2. The van der Waals surface area contributed by atoms with E-state index in [0.29, 0.717) is 12.5 Å². The lowest BCUT2D eigenvalue weighted by Crippen LogP contribution is -2.10. The van der Waals surface area contributed by atoms with E-state index in [0.717, 1.165) is 24.2 Å². The molecule has 0 fully saturated rings. The van der Waals surface area contributed by atoms with Gasteiger partial charge in [-0.3, -0.25) is 9.48 Å². The van der Waals surface area contributed by atoms with Gasteiger partial charge in [-0.15, -0.1) is 0 Å². The van der Waals surface area contributed by atoms with E-state index >= 15 is 0 Å². The van der Waals surface area contributed by atoms with Crippen LogP contribution in [0.1, 0.15) is 56.8 Å². The van der Waals surface area contributed by atoms with Crippen molar-refractivity contribution in [3.05, 3.63) is 41.7 Å². The summed E-state index contributed by atoms with van der Waals surface area (Å²) in [6.45, 7) is 6.38. The normalized spacial score (nSPS) is 15.7. The zero-order valence-corrected chi connectivity index (χ0v) is 14.0. The van der Waals surface area contributed by atoms with Crippen molar-refractivity contribution in [3.63, 3.8) is 0 Å². The number of benzene rings is 1. The van der Waals surface area contributed by atoms with Crippen molar-refractivity contribution in [2.45, 2.75) is 52.1 Å². The van der Waals surface area contributed by atoms with Gasteiger partial charge in [0.25, 0.3) is 0 Å². The van der Waals surface area contributed by atoms with Gasteiger partial charge in [-0.25, -0.2) is 0 Å². The van der Waals surface area contributed by atoms with Crippen LogP contribution in [-0.4, -0.2) is 15.7 Å². The quantitative estimate of drug-likeness (QED) is 0.900. The van der Waals surface area contributed by atoms with Crippen LogP contribution in [0.2, 0.25) is 0 Å². The Hall–Kier alpha value is -2.30. The molecule has 122 valence electrons. The highest BCUT2D eigenvalue weighted by atomic mass is 16.1. The Labute approximate surface area is 137 Å². The molecule has 5 heteroatoms. The molecule has 0 saturated carbocycles. The minimum atomic E-state index is 0.110. The lowest BCUT2D eigenvalue weighted by atomic mass is 10.1. The van der Waals surface area contributed by atoms with Crippen molar-refractivity contribution >= 4 is 17.3 Å². The Morgan fingerprint density at radius 2 is 2.09 bits per heavy atom. The van der Waals surface area contributed by atoms with E-state index < -0.39 is 0 Å². The Bertz CT molecular complexity index is 705. The number of hydrogen-bond acceptors (Lipinski definition) is 3. The molecule has 23 heavy (non-hydrogen) atoms. The number of rotatable bonds is 4. The molecule has 0 aliphatic carbocycles. The minimum Gasteiger partial charge on any atom is -0.378 e. The molecule has 0 spiro atoms. The summed E-state index contributed by atoms with van der Waals surface area (Å²) >= 11 is 0. The Morgan fingerprint density at radius 3 is 2.83 bits per heavy atom. The zero-order chi connectivity index (χ0) is 16.4. The second-order valence-corrected chi connectivity index (χ2v) is 6.49. The summed E-state index contributed by atoms with van der Waals surface area (Å²) in [4.78, 5) is 11.6. The Morgan fingerprint density at radius 1 is 1.26 bits per heavy atom. The molecule has 1 aromatic carbocycles. The second-order valence-electron chi connectivity index (χ2n) is 6.49. The van der Waals surface area contributed by atoms with Crippen LogP contribution in [0.25, 0.3) is 0 Å². The molecule has 1 aromatic heterocycles. The topological polar surface area (TPSA) is 59.0 Å².